The molecule has 0 unspecified atom stereocenters. The molecule has 0 saturated carbocycles. The summed E-state index contributed by atoms with van der Waals surface area (Å²) >= 11 is 0. The van der Waals surface area contributed by atoms with Gasteiger partial charge in [-0.2, -0.15) is 0 Å². The third-order valence-electron chi connectivity index (χ3n) is 15.9. The van der Waals surface area contributed by atoms with Gasteiger partial charge in [-0.15, -0.1) is 0 Å². The first-order valence-electron chi connectivity index (χ1n) is 24.4. The van der Waals surface area contributed by atoms with Crippen LogP contribution in [-0.2, 0) is 72.0 Å². The molecule has 1 N–H and O–H groups in total. The molecule has 13 nitrogen and oxygen atoms in total. The normalized spacial score (nSPS) is 40.5. The van der Waals surface area contributed by atoms with Crippen LogP contribution in [0.15, 0.2) is 84.9 Å². The van der Waals surface area contributed by atoms with E-state index in [1.807, 2.05) is 60.7 Å². The monoisotopic (exact) mass is 928 g/mol. The van der Waals surface area contributed by atoms with E-state index in [0.29, 0.717) is 65.0 Å². The Bertz CT molecular complexity index is 2110. The molecule has 0 radical (unpaired) electrons. The highest BCUT2D eigenvalue weighted by Gasteiger charge is 2.65. The Hall–Kier alpha value is -3.47. The largest absolute Gasteiger partial charge is 0.497 e. The lowest BCUT2D eigenvalue weighted by atomic mass is 9.71. The van der Waals surface area contributed by atoms with Crippen LogP contribution in [0.2, 0.25) is 0 Å². The summed E-state index contributed by atoms with van der Waals surface area (Å²) in [6.45, 7) is 12.4. The van der Waals surface area contributed by atoms with E-state index in [2.05, 4.69) is 58.9 Å². The Morgan fingerprint density at radius 3 is 1.97 bits per heavy atom. The SMILES string of the molecule is COC(=O)C[C@@H]1O[C@@H]2CC[C@@H]([C@]3(C)O[C@]4(C)C[C@@H]5O[C@@H]6C[C@H](OCc7ccccc7)[C@@](C)(COCc7ccccc7)O[C@@]6(C)CC[C@@]5(C)O[C@H]4C[C@H]3OCc3ccc(OC)cc3)O[C@H]2C[C@H]1O. The van der Waals surface area contributed by atoms with E-state index in [9.17, 15) is 9.90 Å². The van der Waals surface area contributed by atoms with Crippen LogP contribution in [0.25, 0.3) is 0 Å². The van der Waals surface area contributed by atoms with Crippen molar-refractivity contribution in [1.82, 2.24) is 0 Å². The van der Waals surface area contributed by atoms with E-state index < -0.39 is 52.3 Å². The molecule has 6 heterocycles. The average Bonchev–Trinajstić information content (AvgIpc) is 3.42. The summed E-state index contributed by atoms with van der Waals surface area (Å²) in [4.78, 5) is 12.2. The molecule has 6 aliphatic heterocycles. The van der Waals surface area contributed by atoms with E-state index in [4.69, 9.17) is 52.1 Å². The van der Waals surface area contributed by atoms with Crippen molar-refractivity contribution in [2.75, 3.05) is 20.8 Å². The number of ether oxygens (including phenoxy) is 11. The maximum atomic E-state index is 12.2. The predicted octanol–water partition coefficient (Wildman–Crippen LogP) is 7.98. The Labute approximate surface area is 396 Å². The van der Waals surface area contributed by atoms with E-state index in [-0.39, 0.29) is 49.1 Å². The minimum absolute atomic E-state index is 0.00962. The van der Waals surface area contributed by atoms with Crippen LogP contribution in [0.5, 0.6) is 5.75 Å². The third kappa shape index (κ3) is 10.2. The molecule has 0 amide bonds. The molecule has 67 heavy (non-hydrogen) atoms. The van der Waals surface area contributed by atoms with Crippen molar-refractivity contribution in [3.8, 4) is 5.75 Å². The van der Waals surface area contributed by atoms with Crippen molar-refractivity contribution in [3.63, 3.8) is 0 Å². The predicted molar refractivity (Wildman–Crippen MR) is 247 cm³/mol. The highest BCUT2D eigenvalue weighted by Crippen LogP contribution is 2.55. The van der Waals surface area contributed by atoms with Crippen molar-refractivity contribution in [1.29, 1.82) is 0 Å². The van der Waals surface area contributed by atoms with Gasteiger partial charge in [-0.25, -0.2) is 0 Å². The number of fused-ring (bicyclic) bond motifs is 4. The van der Waals surface area contributed by atoms with Crippen molar-refractivity contribution in [2.24, 2.45) is 0 Å². The molecule has 9 rings (SSSR count). The zero-order valence-electron chi connectivity index (χ0n) is 40.4. The number of benzene rings is 3. The molecule has 3 aromatic rings. The molecule has 6 aliphatic rings. The molecular weight excluding hydrogens is 857 g/mol. The van der Waals surface area contributed by atoms with Gasteiger partial charge in [-0.1, -0.05) is 72.8 Å². The van der Waals surface area contributed by atoms with Crippen LogP contribution in [0.4, 0.5) is 0 Å². The number of esters is 1. The van der Waals surface area contributed by atoms with Gasteiger partial charge in [0.1, 0.15) is 17.0 Å². The van der Waals surface area contributed by atoms with Crippen LogP contribution in [0.3, 0.4) is 0 Å². The topological polar surface area (TPSA) is 139 Å². The molecule has 366 valence electrons. The number of methoxy groups -OCH3 is 2. The summed E-state index contributed by atoms with van der Waals surface area (Å²) in [7, 11) is 3.00. The van der Waals surface area contributed by atoms with Gasteiger partial charge in [0.25, 0.3) is 0 Å². The van der Waals surface area contributed by atoms with E-state index in [0.717, 1.165) is 35.3 Å². The van der Waals surface area contributed by atoms with Gasteiger partial charge in [0, 0.05) is 25.7 Å². The van der Waals surface area contributed by atoms with Gasteiger partial charge in [0.2, 0.25) is 0 Å². The molecule has 0 bridgehead atoms. The Kier molecular flexibility index (Phi) is 14.3. The molecule has 0 aromatic heterocycles. The van der Waals surface area contributed by atoms with Crippen molar-refractivity contribution in [3.05, 3.63) is 102 Å². The molecule has 3 aromatic carbocycles. The zero-order valence-corrected chi connectivity index (χ0v) is 40.4. The standard InChI is InChI=1S/C54H72O13/c1-50-24-25-51(2)45(28-44(60-32-36-16-12-9-13-17-36)53(4,66-51)34-59-31-35-14-10-8-11-15-35)64-48(50)30-52(3)46(65-50)29-47(61-33-37-18-20-38(57-6)21-19-37)54(5,67-52)43-23-22-40-42(63-43)26-39(55)41(62-40)27-49(56)58-7/h8-21,39-48,55H,22-34H2,1-7H3/t39-,40-,41+,42+,43+,44+,45-,46+,47-,48+,50-,51+,52-,53-,54+/m1/s1. The van der Waals surface area contributed by atoms with Crippen molar-refractivity contribution < 1.29 is 62.0 Å². The molecule has 6 fully saturated rings. The third-order valence-corrected chi connectivity index (χ3v) is 15.9. The van der Waals surface area contributed by atoms with E-state index in [1.54, 1.807) is 7.11 Å². The number of carbonyl (C=O) groups excluding carboxylic acids is 1. The van der Waals surface area contributed by atoms with Gasteiger partial charge in [0.05, 0.1) is 125 Å². The first-order valence-corrected chi connectivity index (χ1v) is 24.4. The smallest absolute Gasteiger partial charge is 0.308 e. The fourth-order valence-corrected chi connectivity index (χ4v) is 11.8. The Morgan fingerprint density at radius 2 is 1.28 bits per heavy atom. The van der Waals surface area contributed by atoms with E-state index >= 15 is 0 Å². The summed E-state index contributed by atoms with van der Waals surface area (Å²) in [5.41, 5.74) is -0.532. The Balaban J connectivity index is 0.956. The summed E-state index contributed by atoms with van der Waals surface area (Å²) in [6, 6.07) is 28.4. The minimum atomic E-state index is -0.918. The number of aliphatic hydroxyl groups is 1. The lowest BCUT2D eigenvalue weighted by Gasteiger charge is -2.61. The van der Waals surface area contributed by atoms with Gasteiger partial charge < -0.3 is 57.2 Å². The second-order valence-electron chi connectivity index (χ2n) is 21.0. The molecule has 0 aliphatic carbocycles. The van der Waals surface area contributed by atoms with Gasteiger partial charge in [0.15, 0.2) is 0 Å². The summed E-state index contributed by atoms with van der Waals surface area (Å²) in [5.74, 6) is 0.364. The van der Waals surface area contributed by atoms with Gasteiger partial charge in [-0.3, -0.25) is 4.79 Å². The van der Waals surface area contributed by atoms with Gasteiger partial charge >= 0.3 is 5.97 Å². The molecule has 15 atom stereocenters. The summed E-state index contributed by atoms with van der Waals surface area (Å²) in [5, 5.41) is 11.1. The maximum Gasteiger partial charge on any atom is 0.308 e. The van der Waals surface area contributed by atoms with Crippen molar-refractivity contribution in [2.45, 2.75) is 201 Å². The molecule has 13 heteroatoms. The molecule has 6 saturated heterocycles. The number of aliphatic hydroxyl groups excluding tert-OH is 1. The van der Waals surface area contributed by atoms with Crippen LogP contribution in [-0.4, -0.2) is 121 Å². The highest BCUT2D eigenvalue weighted by atomic mass is 16.7. The van der Waals surface area contributed by atoms with Crippen LogP contribution in [0.1, 0.15) is 109 Å². The summed E-state index contributed by atoms with van der Waals surface area (Å²) < 4.78 is 73.4. The molecular formula is C54H72O13. The highest BCUT2D eigenvalue weighted by molar-refractivity contribution is 5.69. The molecule has 0 spiro atoms. The average molecular weight is 929 g/mol. The number of carbonyl (C=O) groups is 1. The van der Waals surface area contributed by atoms with E-state index in [1.165, 1.54) is 7.11 Å². The van der Waals surface area contributed by atoms with Crippen LogP contribution >= 0.6 is 0 Å². The first kappa shape index (κ1) is 48.5. The number of rotatable bonds is 14. The first-order chi connectivity index (χ1) is 32.1. The maximum absolute atomic E-state index is 12.2. The summed E-state index contributed by atoms with van der Waals surface area (Å²) in [6.07, 6.45) is 0.640. The number of hydrogen-bond donors (Lipinski definition) is 1. The fourth-order valence-electron chi connectivity index (χ4n) is 11.8. The lowest BCUT2D eigenvalue weighted by molar-refractivity contribution is -0.369. The number of hydrogen-bond acceptors (Lipinski definition) is 13. The van der Waals surface area contributed by atoms with Crippen molar-refractivity contribution >= 4 is 5.97 Å². The second kappa shape index (κ2) is 19.7. The Morgan fingerprint density at radius 1 is 0.642 bits per heavy atom. The quantitative estimate of drug-likeness (QED) is 0.157. The second-order valence-corrected chi connectivity index (χ2v) is 21.0. The van der Waals surface area contributed by atoms with Crippen LogP contribution in [0, 0.1) is 0 Å². The minimum Gasteiger partial charge on any atom is -0.497 e. The zero-order chi connectivity index (χ0) is 47.0. The lowest BCUT2D eigenvalue weighted by Crippen LogP contribution is -2.72. The van der Waals surface area contributed by atoms with Gasteiger partial charge in [-0.05, 0) is 89.1 Å². The fraction of sp³-hybridized carbons (Fsp3) is 0.648. The van der Waals surface area contributed by atoms with Crippen LogP contribution < -0.4 is 4.74 Å².